The molecule has 0 saturated carbocycles. The van der Waals surface area contributed by atoms with E-state index in [0.29, 0.717) is 0 Å². The maximum Gasteiger partial charge on any atom is 0.458 e. The monoisotopic (exact) mass is 315 g/mol. The minimum atomic E-state index is -6.15. The van der Waals surface area contributed by atoms with Crippen molar-refractivity contribution in [2.24, 2.45) is 0 Å². The van der Waals surface area contributed by atoms with Gasteiger partial charge in [-0.05, 0) is 6.07 Å². The second-order valence-electron chi connectivity index (χ2n) is 3.61. The van der Waals surface area contributed by atoms with Gasteiger partial charge in [-0.25, -0.2) is 0 Å². The summed E-state index contributed by atoms with van der Waals surface area (Å²) >= 11 is 0. The van der Waals surface area contributed by atoms with Crippen LogP contribution < -0.4 is 0 Å². The van der Waals surface area contributed by atoms with E-state index in [0.717, 1.165) is 0 Å². The molecule has 0 fully saturated rings. The zero-order valence-electron chi connectivity index (χ0n) is 8.96. The Morgan fingerprint density at radius 3 is 1.15 bits per heavy atom. The first-order valence-corrected chi connectivity index (χ1v) is 4.56. The van der Waals surface area contributed by atoms with Crippen molar-refractivity contribution >= 4 is 0 Å². The Bertz CT molecular complexity index is 445. The van der Waals surface area contributed by atoms with Gasteiger partial charge in [-0.2, -0.15) is 43.9 Å². The fourth-order valence-electron chi connectivity index (χ4n) is 1.11. The van der Waals surface area contributed by atoms with Gasteiger partial charge in [0.1, 0.15) is 0 Å². The summed E-state index contributed by atoms with van der Waals surface area (Å²) in [5.74, 6) is -11.2. The van der Waals surface area contributed by atoms with Gasteiger partial charge in [0, 0.05) is 23.5 Å². The molecule has 1 rings (SSSR count). The Kier molecular flexibility index (Phi) is 3.70. The van der Waals surface area contributed by atoms with Crippen LogP contribution in [0.2, 0.25) is 0 Å². The molecule has 1 heterocycles. The molecule has 0 radical (unpaired) electrons. The highest BCUT2D eigenvalue weighted by Gasteiger charge is 2.61. The van der Waals surface area contributed by atoms with Crippen molar-refractivity contribution in [3.05, 3.63) is 29.6 Å². The number of hydrogen-bond donors (Lipinski definition) is 0. The van der Waals surface area contributed by atoms with Gasteiger partial charge in [0.25, 0.3) is 0 Å². The molecule has 0 unspecified atom stereocenters. The van der Waals surface area contributed by atoms with Crippen LogP contribution >= 0.6 is 0 Å². The van der Waals surface area contributed by atoms with Gasteiger partial charge >= 0.3 is 24.2 Å². The number of rotatable bonds is 2. The Hall–Kier alpha value is -1.55. The molecule has 0 aliphatic heterocycles. The number of hydrogen-bond acceptors (Lipinski definition) is 1. The summed E-state index contributed by atoms with van der Waals surface area (Å²) in [6, 6.07) is -0.575. The number of alkyl halides is 10. The molecule has 20 heavy (non-hydrogen) atoms. The van der Waals surface area contributed by atoms with Crippen molar-refractivity contribution in [1.82, 2.24) is 4.98 Å². The van der Waals surface area contributed by atoms with Crippen LogP contribution in [0.25, 0.3) is 0 Å². The van der Waals surface area contributed by atoms with Crippen LogP contribution in [0.4, 0.5) is 43.9 Å². The molecule has 0 aliphatic carbocycles. The maximum atomic E-state index is 12.8. The largest absolute Gasteiger partial charge is 0.458 e. The number of pyridine rings is 1. The van der Waals surface area contributed by atoms with E-state index in [2.05, 4.69) is 4.98 Å². The fraction of sp³-hybridized carbons (Fsp3) is 0.444. The smallest absolute Gasteiger partial charge is 0.264 e. The van der Waals surface area contributed by atoms with Crippen LogP contribution in [-0.4, -0.2) is 17.3 Å². The predicted octanol–water partition coefficient (Wildman–Crippen LogP) is 4.39. The van der Waals surface area contributed by atoms with E-state index >= 15 is 0 Å². The van der Waals surface area contributed by atoms with Crippen LogP contribution in [-0.2, 0) is 11.8 Å². The van der Waals surface area contributed by atoms with E-state index in [4.69, 9.17) is 0 Å². The molecular formula is C9H3F10N. The van der Waals surface area contributed by atoms with E-state index in [1.807, 2.05) is 0 Å². The third-order valence-electron chi connectivity index (χ3n) is 2.18. The van der Waals surface area contributed by atoms with Crippen LogP contribution in [0.15, 0.2) is 18.5 Å². The van der Waals surface area contributed by atoms with Crippen LogP contribution in [0.3, 0.4) is 0 Å². The van der Waals surface area contributed by atoms with Gasteiger partial charge < -0.3 is 0 Å². The SMILES string of the molecule is FC(F)(F)C(F)(F)c1cncc(C(F)(F)C(F)(F)F)c1. The Morgan fingerprint density at radius 2 is 0.900 bits per heavy atom. The van der Waals surface area contributed by atoms with Crippen LogP contribution in [0, 0.1) is 0 Å². The minimum Gasteiger partial charge on any atom is -0.264 e. The predicted molar refractivity (Wildman–Crippen MR) is 44.1 cm³/mol. The zero-order chi connectivity index (χ0) is 16.0. The van der Waals surface area contributed by atoms with E-state index in [1.165, 1.54) is 0 Å². The molecule has 0 bridgehead atoms. The molecular weight excluding hydrogens is 312 g/mol. The number of halogens is 10. The van der Waals surface area contributed by atoms with Gasteiger partial charge in [-0.15, -0.1) is 0 Å². The lowest BCUT2D eigenvalue weighted by Crippen LogP contribution is -2.36. The number of aromatic nitrogens is 1. The summed E-state index contributed by atoms with van der Waals surface area (Å²) in [6.07, 6.45) is -12.6. The Labute approximate surface area is 104 Å². The Balaban J connectivity index is 3.36. The first-order valence-electron chi connectivity index (χ1n) is 4.56. The maximum absolute atomic E-state index is 12.8. The molecule has 0 atom stereocenters. The standard InChI is InChI=1S/C9H3F10N/c10-6(11,8(14,15)16)4-1-5(3-20-2-4)7(12,13)9(17,18)19/h1-3H. The molecule has 1 aromatic heterocycles. The molecule has 0 spiro atoms. The minimum absolute atomic E-state index is 0.135. The lowest BCUT2D eigenvalue weighted by Gasteiger charge is -2.23. The van der Waals surface area contributed by atoms with Gasteiger partial charge in [0.15, 0.2) is 0 Å². The van der Waals surface area contributed by atoms with Crippen LogP contribution in [0.1, 0.15) is 11.1 Å². The Morgan fingerprint density at radius 1 is 0.600 bits per heavy atom. The molecule has 0 N–H and O–H groups in total. The molecule has 0 saturated heterocycles. The molecule has 0 amide bonds. The van der Waals surface area contributed by atoms with E-state index < -0.39 is 41.4 Å². The summed E-state index contributed by atoms with van der Waals surface area (Å²) in [5.41, 5.74) is -4.21. The number of nitrogens with zero attached hydrogens (tertiary/aromatic N) is 1. The van der Waals surface area contributed by atoms with Gasteiger partial charge in [-0.3, -0.25) is 4.98 Å². The summed E-state index contributed by atoms with van der Waals surface area (Å²) in [4.78, 5) is 2.58. The average molecular weight is 315 g/mol. The molecule has 11 heteroatoms. The summed E-state index contributed by atoms with van der Waals surface area (Å²) in [5, 5.41) is 0. The van der Waals surface area contributed by atoms with E-state index in [1.54, 1.807) is 0 Å². The van der Waals surface area contributed by atoms with Crippen molar-refractivity contribution in [2.45, 2.75) is 24.2 Å². The first kappa shape index (κ1) is 16.5. The molecule has 1 aromatic rings. The third-order valence-corrected chi connectivity index (χ3v) is 2.18. The van der Waals surface area contributed by atoms with E-state index in [-0.39, 0.29) is 12.4 Å². The van der Waals surface area contributed by atoms with Gasteiger partial charge in [0.2, 0.25) is 0 Å². The third kappa shape index (κ3) is 2.66. The summed E-state index contributed by atoms with van der Waals surface area (Å²) < 4.78 is 123. The zero-order valence-corrected chi connectivity index (χ0v) is 8.96. The lowest BCUT2D eigenvalue weighted by molar-refractivity contribution is -0.292. The second kappa shape index (κ2) is 4.48. The highest BCUT2D eigenvalue weighted by atomic mass is 19.4. The molecule has 114 valence electrons. The van der Waals surface area contributed by atoms with Crippen LogP contribution in [0.5, 0.6) is 0 Å². The van der Waals surface area contributed by atoms with Crippen molar-refractivity contribution in [3.63, 3.8) is 0 Å². The van der Waals surface area contributed by atoms with Crippen molar-refractivity contribution in [1.29, 1.82) is 0 Å². The topological polar surface area (TPSA) is 12.9 Å². The molecule has 0 aromatic carbocycles. The first-order chi connectivity index (χ1) is 8.71. The molecule has 0 aliphatic rings. The van der Waals surface area contributed by atoms with Crippen molar-refractivity contribution in [2.75, 3.05) is 0 Å². The average Bonchev–Trinajstić information content (AvgIpc) is 2.26. The van der Waals surface area contributed by atoms with Gasteiger partial charge in [0.05, 0.1) is 0 Å². The lowest BCUT2D eigenvalue weighted by atomic mass is 10.0. The van der Waals surface area contributed by atoms with Crippen molar-refractivity contribution < 1.29 is 43.9 Å². The fourth-order valence-corrected chi connectivity index (χ4v) is 1.11. The quantitative estimate of drug-likeness (QED) is 0.738. The normalized spacial score (nSPS) is 14.5. The molecule has 1 nitrogen and oxygen atoms in total. The van der Waals surface area contributed by atoms with Gasteiger partial charge in [-0.1, -0.05) is 0 Å². The highest BCUT2D eigenvalue weighted by molar-refractivity contribution is 5.27. The second-order valence-corrected chi connectivity index (χ2v) is 3.61. The highest BCUT2D eigenvalue weighted by Crippen LogP contribution is 2.47. The summed E-state index contributed by atoms with van der Waals surface area (Å²) in [6.45, 7) is 0. The summed E-state index contributed by atoms with van der Waals surface area (Å²) in [7, 11) is 0. The van der Waals surface area contributed by atoms with E-state index in [9.17, 15) is 43.9 Å². The van der Waals surface area contributed by atoms with Crippen molar-refractivity contribution in [3.8, 4) is 0 Å².